The van der Waals surface area contributed by atoms with Crippen LogP contribution in [0.1, 0.15) is 17.4 Å². The Morgan fingerprint density at radius 3 is 2.60 bits per heavy atom. The zero-order chi connectivity index (χ0) is 14.1. The summed E-state index contributed by atoms with van der Waals surface area (Å²) < 4.78 is 0. The summed E-state index contributed by atoms with van der Waals surface area (Å²) in [6.45, 7) is 7.18. The van der Waals surface area contributed by atoms with E-state index in [1.807, 2.05) is 12.1 Å². The van der Waals surface area contributed by atoms with Crippen molar-refractivity contribution in [1.29, 1.82) is 0 Å². The number of nitrogens with one attached hydrogen (secondary N) is 1. The van der Waals surface area contributed by atoms with Crippen molar-refractivity contribution in [2.24, 2.45) is 0 Å². The molecule has 0 aliphatic carbocycles. The molecule has 0 unspecified atom stereocenters. The van der Waals surface area contributed by atoms with Gasteiger partial charge in [0, 0.05) is 29.4 Å². The SMILES string of the molecule is CCNc1nc(-c2ccncc2)nc2sc(C)c(C)c12. The molecule has 0 aliphatic rings. The van der Waals surface area contributed by atoms with Crippen molar-refractivity contribution in [3.05, 3.63) is 35.0 Å². The van der Waals surface area contributed by atoms with Gasteiger partial charge in [-0.25, -0.2) is 9.97 Å². The quantitative estimate of drug-likeness (QED) is 0.794. The molecule has 0 saturated carbocycles. The second-order valence-electron chi connectivity index (χ2n) is 4.63. The highest BCUT2D eigenvalue weighted by Crippen LogP contribution is 2.34. The summed E-state index contributed by atoms with van der Waals surface area (Å²) in [7, 11) is 0. The molecule has 102 valence electrons. The van der Waals surface area contributed by atoms with Crippen molar-refractivity contribution >= 4 is 27.4 Å². The topological polar surface area (TPSA) is 50.7 Å². The predicted octanol–water partition coefficient (Wildman–Crippen LogP) is 3.80. The first-order chi connectivity index (χ1) is 9.70. The minimum absolute atomic E-state index is 0.747. The molecule has 0 aliphatic heterocycles. The Morgan fingerprint density at radius 1 is 1.15 bits per heavy atom. The fraction of sp³-hybridized carbons (Fsp3) is 0.267. The van der Waals surface area contributed by atoms with Gasteiger partial charge in [0.15, 0.2) is 5.82 Å². The van der Waals surface area contributed by atoms with Gasteiger partial charge >= 0.3 is 0 Å². The first kappa shape index (κ1) is 13.0. The second kappa shape index (κ2) is 5.17. The lowest BCUT2D eigenvalue weighted by Gasteiger charge is -2.08. The van der Waals surface area contributed by atoms with Crippen molar-refractivity contribution < 1.29 is 0 Å². The average Bonchev–Trinajstić information content (AvgIpc) is 2.75. The van der Waals surface area contributed by atoms with E-state index in [9.17, 15) is 0 Å². The Balaban J connectivity index is 2.26. The van der Waals surface area contributed by atoms with Gasteiger partial charge in [-0.15, -0.1) is 11.3 Å². The van der Waals surface area contributed by atoms with Crippen molar-refractivity contribution in [3.8, 4) is 11.4 Å². The maximum atomic E-state index is 4.71. The van der Waals surface area contributed by atoms with Gasteiger partial charge in [0.1, 0.15) is 10.6 Å². The lowest BCUT2D eigenvalue weighted by Crippen LogP contribution is -2.02. The molecule has 3 heterocycles. The molecule has 0 atom stereocenters. The third-order valence-electron chi connectivity index (χ3n) is 3.31. The van der Waals surface area contributed by atoms with E-state index < -0.39 is 0 Å². The third-order valence-corrected chi connectivity index (χ3v) is 4.41. The molecule has 0 spiro atoms. The summed E-state index contributed by atoms with van der Waals surface area (Å²) in [4.78, 5) is 15.8. The molecule has 0 amide bonds. The number of hydrogen-bond acceptors (Lipinski definition) is 5. The number of aromatic nitrogens is 3. The van der Waals surface area contributed by atoms with E-state index in [-0.39, 0.29) is 0 Å². The minimum atomic E-state index is 0.747. The van der Waals surface area contributed by atoms with Gasteiger partial charge < -0.3 is 5.32 Å². The standard InChI is InChI=1S/C15H16N4S/c1-4-17-14-12-9(2)10(3)20-15(12)19-13(18-14)11-5-7-16-8-6-11/h5-8H,4H2,1-3H3,(H,17,18,19). The van der Waals surface area contributed by atoms with Crippen LogP contribution in [-0.4, -0.2) is 21.5 Å². The number of hydrogen-bond donors (Lipinski definition) is 1. The summed E-state index contributed by atoms with van der Waals surface area (Å²) in [5.74, 6) is 1.67. The van der Waals surface area contributed by atoms with E-state index in [1.54, 1.807) is 23.7 Å². The molecule has 1 N–H and O–H groups in total. The number of thiophene rings is 1. The number of aryl methyl sites for hydroxylation is 2. The molecular weight excluding hydrogens is 268 g/mol. The fourth-order valence-electron chi connectivity index (χ4n) is 2.18. The Kier molecular flexibility index (Phi) is 3.36. The number of rotatable bonds is 3. The lowest BCUT2D eigenvalue weighted by molar-refractivity contribution is 1.14. The monoisotopic (exact) mass is 284 g/mol. The van der Waals surface area contributed by atoms with Crippen LogP contribution in [0.5, 0.6) is 0 Å². The Hall–Kier alpha value is -2.01. The van der Waals surface area contributed by atoms with E-state index in [0.29, 0.717) is 0 Å². The van der Waals surface area contributed by atoms with E-state index in [2.05, 4.69) is 31.1 Å². The molecule has 4 nitrogen and oxygen atoms in total. The van der Waals surface area contributed by atoms with E-state index in [1.165, 1.54) is 10.4 Å². The van der Waals surface area contributed by atoms with Crippen molar-refractivity contribution in [2.45, 2.75) is 20.8 Å². The molecule has 20 heavy (non-hydrogen) atoms. The van der Waals surface area contributed by atoms with Crippen LogP contribution < -0.4 is 5.32 Å². The lowest BCUT2D eigenvalue weighted by atomic mass is 10.2. The van der Waals surface area contributed by atoms with E-state index >= 15 is 0 Å². The van der Waals surface area contributed by atoms with Crippen molar-refractivity contribution in [2.75, 3.05) is 11.9 Å². The molecule has 3 aromatic heterocycles. The molecule has 0 saturated heterocycles. The number of anilines is 1. The Bertz CT molecular complexity index is 749. The maximum Gasteiger partial charge on any atom is 0.163 e. The van der Waals surface area contributed by atoms with Crippen molar-refractivity contribution in [3.63, 3.8) is 0 Å². The van der Waals surface area contributed by atoms with Gasteiger partial charge in [0.05, 0.1) is 5.39 Å². The van der Waals surface area contributed by atoms with E-state index in [0.717, 1.165) is 34.0 Å². The highest BCUT2D eigenvalue weighted by atomic mass is 32.1. The molecule has 0 aromatic carbocycles. The molecule has 3 rings (SSSR count). The Morgan fingerprint density at radius 2 is 1.90 bits per heavy atom. The minimum Gasteiger partial charge on any atom is -0.370 e. The summed E-state index contributed by atoms with van der Waals surface area (Å²) in [6, 6.07) is 3.87. The van der Waals surface area contributed by atoms with Crippen LogP contribution in [0.15, 0.2) is 24.5 Å². The van der Waals surface area contributed by atoms with Gasteiger partial charge in [-0.05, 0) is 38.5 Å². The fourth-order valence-corrected chi connectivity index (χ4v) is 3.20. The van der Waals surface area contributed by atoms with Crippen LogP contribution in [0.2, 0.25) is 0 Å². The summed E-state index contributed by atoms with van der Waals surface area (Å²) in [5.41, 5.74) is 2.26. The molecule has 0 bridgehead atoms. The highest BCUT2D eigenvalue weighted by Gasteiger charge is 2.14. The van der Waals surface area contributed by atoms with Gasteiger partial charge in [0.2, 0.25) is 0 Å². The van der Waals surface area contributed by atoms with Crippen LogP contribution in [0.3, 0.4) is 0 Å². The molecular formula is C15H16N4S. The number of fused-ring (bicyclic) bond motifs is 1. The maximum absolute atomic E-state index is 4.71. The van der Waals surface area contributed by atoms with Gasteiger partial charge in [-0.3, -0.25) is 4.98 Å². The molecule has 3 aromatic rings. The van der Waals surface area contributed by atoms with Gasteiger partial charge in [-0.1, -0.05) is 0 Å². The highest BCUT2D eigenvalue weighted by molar-refractivity contribution is 7.18. The average molecular weight is 284 g/mol. The van der Waals surface area contributed by atoms with Crippen LogP contribution in [0, 0.1) is 13.8 Å². The summed E-state index contributed by atoms with van der Waals surface area (Å²) in [6.07, 6.45) is 3.53. The van der Waals surface area contributed by atoms with Crippen LogP contribution in [-0.2, 0) is 0 Å². The largest absolute Gasteiger partial charge is 0.370 e. The third kappa shape index (κ3) is 2.14. The van der Waals surface area contributed by atoms with Gasteiger partial charge in [0.25, 0.3) is 0 Å². The number of nitrogens with zero attached hydrogens (tertiary/aromatic N) is 3. The Labute approximate surface area is 121 Å². The normalized spacial score (nSPS) is 10.9. The second-order valence-corrected chi connectivity index (χ2v) is 5.83. The van der Waals surface area contributed by atoms with E-state index in [4.69, 9.17) is 9.97 Å². The van der Waals surface area contributed by atoms with Crippen molar-refractivity contribution in [1.82, 2.24) is 15.0 Å². The first-order valence-electron chi connectivity index (χ1n) is 6.62. The predicted molar refractivity (Wildman–Crippen MR) is 84.3 cm³/mol. The smallest absolute Gasteiger partial charge is 0.163 e. The summed E-state index contributed by atoms with van der Waals surface area (Å²) >= 11 is 1.72. The van der Waals surface area contributed by atoms with Crippen LogP contribution in [0.4, 0.5) is 5.82 Å². The molecule has 0 radical (unpaired) electrons. The molecule has 5 heteroatoms. The first-order valence-corrected chi connectivity index (χ1v) is 7.44. The van der Waals surface area contributed by atoms with Gasteiger partial charge in [-0.2, -0.15) is 0 Å². The van der Waals surface area contributed by atoms with Crippen LogP contribution in [0.25, 0.3) is 21.6 Å². The molecule has 0 fully saturated rings. The number of pyridine rings is 1. The zero-order valence-electron chi connectivity index (χ0n) is 11.8. The zero-order valence-corrected chi connectivity index (χ0v) is 12.6. The van der Waals surface area contributed by atoms with Crippen LogP contribution >= 0.6 is 11.3 Å². The summed E-state index contributed by atoms with van der Waals surface area (Å²) in [5, 5.41) is 4.50.